The van der Waals surface area contributed by atoms with Crippen LogP contribution in [0.4, 0.5) is 5.69 Å². The zero-order valence-electron chi connectivity index (χ0n) is 11.8. The van der Waals surface area contributed by atoms with Crippen LogP contribution in [0.15, 0.2) is 24.3 Å². The molecule has 21 heavy (non-hydrogen) atoms. The number of aliphatic hydroxyl groups is 1. The van der Waals surface area contributed by atoms with Crippen LogP contribution in [0, 0.1) is 10.1 Å². The molecule has 0 aromatic heterocycles. The van der Waals surface area contributed by atoms with Gasteiger partial charge in [0.05, 0.1) is 16.3 Å². The molecule has 0 aliphatic heterocycles. The fourth-order valence-corrected chi connectivity index (χ4v) is 3.70. The fourth-order valence-electron chi connectivity index (χ4n) is 1.69. The largest absolute Gasteiger partial charge is 0.388 e. The van der Waals surface area contributed by atoms with Crippen molar-refractivity contribution in [3.8, 4) is 0 Å². The standard InChI is InChI=1S/C12H18N2O5S2/c1-12(15,9-20-2)8-13-21(18,19)7-10-5-3-4-6-11(10)14(16)17/h3-6,13,15H,7-9H2,1-2H3. The molecule has 2 N–H and O–H groups in total. The molecule has 0 aliphatic rings. The highest BCUT2D eigenvalue weighted by molar-refractivity contribution is 7.98. The van der Waals surface area contributed by atoms with Crippen LogP contribution in [0.25, 0.3) is 0 Å². The molecule has 0 bridgehead atoms. The minimum Gasteiger partial charge on any atom is -0.388 e. The Balaban J connectivity index is 2.80. The summed E-state index contributed by atoms with van der Waals surface area (Å²) in [6.07, 6.45) is 1.80. The molecule has 0 aliphatic carbocycles. The number of nitro groups is 1. The van der Waals surface area contributed by atoms with Gasteiger partial charge in [-0.1, -0.05) is 18.2 Å². The molecule has 0 amide bonds. The van der Waals surface area contributed by atoms with E-state index in [-0.39, 0.29) is 17.8 Å². The lowest BCUT2D eigenvalue weighted by Gasteiger charge is -2.22. The van der Waals surface area contributed by atoms with E-state index in [1.54, 1.807) is 12.3 Å². The first-order valence-electron chi connectivity index (χ1n) is 6.08. The first-order valence-corrected chi connectivity index (χ1v) is 9.12. The molecule has 118 valence electrons. The van der Waals surface area contributed by atoms with Gasteiger partial charge in [0.15, 0.2) is 0 Å². The van der Waals surface area contributed by atoms with Crippen molar-refractivity contribution < 1.29 is 18.4 Å². The van der Waals surface area contributed by atoms with Gasteiger partial charge in [-0.3, -0.25) is 10.1 Å². The lowest BCUT2D eigenvalue weighted by Crippen LogP contribution is -2.42. The molecular formula is C12H18N2O5S2. The molecule has 1 atom stereocenters. The Morgan fingerprint density at radius 1 is 1.43 bits per heavy atom. The average Bonchev–Trinajstić information content (AvgIpc) is 2.37. The second kappa shape index (κ2) is 7.21. The van der Waals surface area contributed by atoms with Crippen LogP contribution >= 0.6 is 11.8 Å². The van der Waals surface area contributed by atoms with Crippen molar-refractivity contribution in [2.75, 3.05) is 18.6 Å². The van der Waals surface area contributed by atoms with Gasteiger partial charge in [0.2, 0.25) is 10.0 Å². The number of nitrogens with zero attached hydrogens (tertiary/aromatic N) is 1. The normalized spacial score (nSPS) is 14.6. The van der Waals surface area contributed by atoms with Gasteiger partial charge in [0.25, 0.3) is 5.69 Å². The first kappa shape index (κ1) is 17.9. The van der Waals surface area contributed by atoms with Crippen molar-refractivity contribution in [3.63, 3.8) is 0 Å². The minimum atomic E-state index is -3.77. The third-order valence-corrected chi connectivity index (χ3v) is 4.85. The van der Waals surface area contributed by atoms with Crippen LogP contribution in [0.5, 0.6) is 0 Å². The topological polar surface area (TPSA) is 110 Å². The Morgan fingerprint density at radius 2 is 2.05 bits per heavy atom. The Morgan fingerprint density at radius 3 is 2.62 bits per heavy atom. The zero-order chi connectivity index (χ0) is 16.1. The highest BCUT2D eigenvalue weighted by Crippen LogP contribution is 2.20. The van der Waals surface area contributed by atoms with E-state index in [1.165, 1.54) is 36.9 Å². The van der Waals surface area contributed by atoms with Gasteiger partial charge in [-0.05, 0) is 13.2 Å². The lowest BCUT2D eigenvalue weighted by molar-refractivity contribution is -0.385. The third-order valence-electron chi connectivity index (χ3n) is 2.66. The predicted octanol–water partition coefficient (Wildman–Crippen LogP) is 1.13. The lowest BCUT2D eigenvalue weighted by atomic mass is 10.1. The van der Waals surface area contributed by atoms with E-state index in [4.69, 9.17) is 0 Å². The van der Waals surface area contributed by atoms with Crippen molar-refractivity contribution in [1.82, 2.24) is 4.72 Å². The van der Waals surface area contributed by atoms with Crippen LogP contribution in [0.3, 0.4) is 0 Å². The summed E-state index contributed by atoms with van der Waals surface area (Å²) < 4.78 is 26.2. The SMILES string of the molecule is CSCC(C)(O)CNS(=O)(=O)Cc1ccccc1[N+](=O)[O-]. The summed E-state index contributed by atoms with van der Waals surface area (Å²) in [6.45, 7) is 1.38. The molecule has 9 heteroatoms. The number of hydrogen-bond acceptors (Lipinski definition) is 6. The monoisotopic (exact) mass is 334 g/mol. The Kier molecular flexibility index (Phi) is 6.14. The summed E-state index contributed by atoms with van der Waals surface area (Å²) in [7, 11) is -3.77. The second-order valence-electron chi connectivity index (χ2n) is 4.90. The van der Waals surface area contributed by atoms with Crippen LogP contribution in [-0.4, -0.2) is 42.6 Å². The number of hydrogen-bond donors (Lipinski definition) is 2. The quantitative estimate of drug-likeness (QED) is 0.545. The number of thioether (sulfide) groups is 1. The van der Waals surface area contributed by atoms with E-state index in [0.29, 0.717) is 5.75 Å². The number of sulfonamides is 1. The molecule has 0 saturated carbocycles. The third kappa shape index (κ3) is 6.00. The highest BCUT2D eigenvalue weighted by Gasteiger charge is 2.24. The van der Waals surface area contributed by atoms with E-state index in [1.807, 2.05) is 0 Å². The van der Waals surface area contributed by atoms with E-state index >= 15 is 0 Å². The molecule has 0 saturated heterocycles. The minimum absolute atomic E-state index is 0.111. The Bertz CT molecular complexity index is 601. The zero-order valence-corrected chi connectivity index (χ0v) is 13.4. The van der Waals surface area contributed by atoms with Gasteiger partial charge in [-0.15, -0.1) is 0 Å². The Labute approximate surface area is 128 Å². The smallest absolute Gasteiger partial charge is 0.273 e. The molecule has 1 unspecified atom stereocenters. The maximum absolute atomic E-state index is 12.0. The molecule has 1 rings (SSSR count). The number of nitro benzene ring substituents is 1. The van der Waals surface area contributed by atoms with Crippen LogP contribution in [0.1, 0.15) is 12.5 Å². The van der Waals surface area contributed by atoms with Crippen LogP contribution in [0.2, 0.25) is 0 Å². The van der Waals surface area contributed by atoms with Crippen molar-refractivity contribution in [2.24, 2.45) is 0 Å². The van der Waals surface area contributed by atoms with Gasteiger partial charge in [0.1, 0.15) is 0 Å². The molecular weight excluding hydrogens is 316 g/mol. The first-order chi connectivity index (χ1) is 9.67. The van der Waals surface area contributed by atoms with Crippen molar-refractivity contribution >= 4 is 27.5 Å². The number of para-hydroxylation sites is 1. The second-order valence-corrected chi connectivity index (χ2v) is 7.57. The predicted molar refractivity (Wildman–Crippen MR) is 82.7 cm³/mol. The molecule has 1 aromatic carbocycles. The Hall–Kier alpha value is -1.16. The number of rotatable bonds is 8. The van der Waals surface area contributed by atoms with Gasteiger partial charge >= 0.3 is 0 Å². The summed E-state index contributed by atoms with van der Waals surface area (Å²) in [6, 6.07) is 5.68. The van der Waals surface area contributed by atoms with Gasteiger partial charge in [-0.2, -0.15) is 11.8 Å². The van der Waals surface area contributed by atoms with Crippen molar-refractivity contribution in [2.45, 2.75) is 18.3 Å². The van der Waals surface area contributed by atoms with E-state index in [2.05, 4.69) is 4.72 Å². The summed E-state index contributed by atoms with van der Waals surface area (Å²) in [4.78, 5) is 10.2. The molecule has 0 fully saturated rings. The van der Waals surface area contributed by atoms with E-state index in [0.717, 1.165) is 0 Å². The van der Waals surface area contributed by atoms with Gasteiger partial charge in [-0.25, -0.2) is 13.1 Å². The van der Waals surface area contributed by atoms with E-state index in [9.17, 15) is 23.6 Å². The molecule has 1 aromatic rings. The average molecular weight is 334 g/mol. The van der Waals surface area contributed by atoms with Crippen molar-refractivity contribution in [3.05, 3.63) is 39.9 Å². The maximum atomic E-state index is 12.0. The fraction of sp³-hybridized carbons (Fsp3) is 0.500. The number of nitrogens with one attached hydrogen (secondary N) is 1. The summed E-state index contributed by atoms with van der Waals surface area (Å²) in [5, 5.41) is 20.8. The molecule has 0 spiro atoms. The summed E-state index contributed by atoms with van der Waals surface area (Å²) >= 11 is 1.40. The molecule has 7 nitrogen and oxygen atoms in total. The summed E-state index contributed by atoms with van der Waals surface area (Å²) in [5.41, 5.74) is -1.30. The summed E-state index contributed by atoms with van der Waals surface area (Å²) in [5.74, 6) is -0.124. The van der Waals surface area contributed by atoms with Crippen molar-refractivity contribution in [1.29, 1.82) is 0 Å². The maximum Gasteiger partial charge on any atom is 0.273 e. The number of benzene rings is 1. The molecule has 0 heterocycles. The van der Waals surface area contributed by atoms with Gasteiger partial charge < -0.3 is 5.11 Å². The molecule has 0 radical (unpaired) electrons. The van der Waals surface area contributed by atoms with Gasteiger partial charge in [0, 0.05) is 23.9 Å². The van der Waals surface area contributed by atoms with E-state index < -0.39 is 26.3 Å². The highest BCUT2D eigenvalue weighted by atomic mass is 32.2. The van der Waals surface area contributed by atoms with Crippen LogP contribution < -0.4 is 4.72 Å². The van der Waals surface area contributed by atoms with Crippen LogP contribution in [-0.2, 0) is 15.8 Å².